The third-order valence-electron chi connectivity index (χ3n) is 2.66. The van der Waals surface area contributed by atoms with Crippen LogP contribution in [0.1, 0.15) is 28.1 Å². The zero-order chi connectivity index (χ0) is 13.0. The Labute approximate surface area is 108 Å². The largest absolute Gasteiger partial charge is 0.294 e. The van der Waals surface area contributed by atoms with E-state index in [-0.39, 0.29) is 17.8 Å². The standard InChI is InChI=1S/C14H12F2OS/c15-12-7-2-6-11(14(12)16)13(17)8-1-4-10-5-3-9-18-10/h2-3,5-7,9H,1,4,8H2. The number of rotatable bonds is 5. The van der Waals surface area contributed by atoms with E-state index in [9.17, 15) is 13.6 Å². The number of benzene rings is 1. The first-order chi connectivity index (χ1) is 8.68. The van der Waals surface area contributed by atoms with E-state index in [0.29, 0.717) is 6.42 Å². The van der Waals surface area contributed by atoms with Gasteiger partial charge in [0.2, 0.25) is 0 Å². The van der Waals surface area contributed by atoms with E-state index >= 15 is 0 Å². The molecule has 0 radical (unpaired) electrons. The molecule has 0 atom stereocenters. The molecule has 0 aliphatic heterocycles. The highest BCUT2D eigenvalue weighted by atomic mass is 32.1. The first-order valence-corrected chi connectivity index (χ1v) is 6.56. The van der Waals surface area contributed by atoms with E-state index in [0.717, 1.165) is 12.5 Å². The molecule has 94 valence electrons. The van der Waals surface area contributed by atoms with E-state index in [1.807, 2.05) is 17.5 Å². The molecule has 18 heavy (non-hydrogen) atoms. The highest BCUT2D eigenvalue weighted by Crippen LogP contribution is 2.16. The zero-order valence-electron chi connectivity index (χ0n) is 9.66. The molecule has 1 nitrogen and oxygen atoms in total. The van der Waals surface area contributed by atoms with Crippen molar-refractivity contribution in [1.82, 2.24) is 0 Å². The second-order valence-corrected chi connectivity index (χ2v) is 4.99. The van der Waals surface area contributed by atoms with Gasteiger partial charge in [-0.1, -0.05) is 12.1 Å². The van der Waals surface area contributed by atoms with Gasteiger partial charge in [0.25, 0.3) is 0 Å². The van der Waals surface area contributed by atoms with E-state index in [4.69, 9.17) is 0 Å². The fourth-order valence-electron chi connectivity index (χ4n) is 1.73. The van der Waals surface area contributed by atoms with Gasteiger partial charge in [0.15, 0.2) is 17.4 Å². The van der Waals surface area contributed by atoms with Crippen molar-refractivity contribution in [3.05, 3.63) is 57.8 Å². The number of Topliss-reactive ketones (excluding diaryl/α,β-unsaturated/α-hetero) is 1. The molecular formula is C14H12F2OS. The summed E-state index contributed by atoms with van der Waals surface area (Å²) in [4.78, 5) is 12.9. The third kappa shape index (κ3) is 3.01. The van der Waals surface area contributed by atoms with Crippen LogP contribution in [0.25, 0.3) is 0 Å². The summed E-state index contributed by atoms with van der Waals surface area (Å²) in [5.74, 6) is -2.36. The van der Waals surface area contributed by atoms with E-state index in [1.54, 1.807) is 11.3 Å². The van der Waals surface area contributed by atoms with Gasteiger partial charge < -0.3 is 0 Å². The Kier molecular flexibility index (Phi) is 4.20. The summed E-state index contributed by atoms with van der Waals surface area (Å²) in [6.07, 6.45) is 1.67. The fraction of sp³-hybridized carbons (Fsp3) is 0.214. The number of thiophene rings is 1. The van der Waals surface area contributed by atoms with Gasteiger partial charge in [-0.25, -0.2) is 8.78 Å². The second kappa shape index (κ2) is 5.87. The number of ketones is 1. The summed E-state index contributed by atoms with van der Waals surface area (Å²) in [7, 11) is 0. The monoisotopic (exact) mass is 266 g/mol. The molecule has 0 unspecified atom stereocenters. The van der Waals surface area contributed by atoms with E-state index in [2.05, 4.69) is 0 Å². The number of carbonyl (C=O) groups is 1. The molecule has 1 heterocycles. The number of aryl methyl sites for hydroxylation is 1. The number of hydrogen-bond donors (Lipinski definition) is 0. The normalized spacial score (nSPS) is 10.6. The minimum absolute atomic E-state index is 0.152. The first-order valence-electron chi connectivity index (χ1n) is 5.68. The molecule has 0 N–H and O–H groups in total. The highest BCUT2D eigenvalue weighted by Gasteiger charge is 2.14. The van der Waals surface area contributed by atoms with E-state index < -0.39 is 11.6 Å². The van der Waals surface area contributed by atoms with Crippen LogP contribution in [0.2, 0.25) is 0 Å². The third-order valence-corrected chi connectivity index (χ3v) is 3.60. The number of halogens is 2. The van der Waals surface area contributed by atoms with Crippen molar-refractivity contribution >= 4 is 17.1 Å². The molecule has 0 aliphatic rings. The topological polar surface area (TPSA) is 17.1 Å². The van der Waals surface area contributed by atoms with Crippen molar-refractivity contribution in [3.8, 4) is 0 Å². The van der Waals surface area contributed by atoms with Crippen molar-refractivity contribution in [1.29, 1.82) is 0 Å². The molecule has 2 rings (SSSR count). The molecule has 0 fully saturated rings. The maximum absolute atomic E-state index is 13.4. The Morgan fingerprint density at radius 2 is 2.00 bits per heavy atom. The Hall–Kier alpha value is -1.55. The van der Waals surface area contributed by atoms with Crippen molar-refractivity contribution in [2.75, 3.05) is 0 Å². The number of carbonyl (C=O) groups excluding carboxylic acids is 1. The molecule has 0 amide bonds. The lowest BCUT2D eigenvalue weighted by molar-refractivity contribution is 0.0975. The van der Waals surface area contributed by atoms with Crippen molar-refractivity contribution in [2.45, 2.75) is 19.3 Å². The van der Waals surface area contributed by atoms with Crippen LogP contribution < -0.4 is 0 Å². The predicted molar refractivity (Wildman–Crippen MR) is 67.9 cm³/mol. The van der Waals surface area contributed by atoms with Crippen molar-refractivity contribution in [3.63, 3.8) is 0 Å². The average molecular weight is 266 g/mol. The predicted octanol–water partition coefficient (Wildman–Crippen LogP) is 4.23. The Bertz CT molecular complexity index is 535. The summed E-state index contributed by atoms with van der Waals surface area (Å²) in [5, 5.41) is 1.98. The maximum atomic E-state index is 13.4. The fourth-order valence-corrected chi connectivity index (χ4v) is 2.48. The Balaban J connectivity index is 1.93. The maximum Gasteiger partial charge on any atom is 0.169 e. The molecule has 0 saturated carbocycles. The molecule has 0 bridgehead atoms. The molecule has 0 spiro atoms. The SMILES string of the molecule is O=C(CCCc1cccs1)c1cccc(F)c1F. The molecule has 1 aromatic heterocycles. The van der Waals surface area contributed by atoms with Crippen LogP contribution >= 0.6 is 11.3 Å². The van der Waals surface area contributed by atoms with Gasteiger partial charge in [0.05, 0.1) is 5.56 Å². The lowest BCUT2D eigenvalue weighted by Crippen LogP contribution is -2.04. The lowest BCUT2D eigenvalue weighted by Gasteiger charge is -2.02. The van der Waals surface area contributed by atoms with Gasteiger partial charge in [0, 0.05) is 11.3 Å². The van der Waals surface area contributed by atoms with Crippen molar-refractivity contribution in [2.24, 2.45) is 0 Å². The minimum Gasteiger partial charge on any atom is -0.294 e. The molecular weight excluding hydrogens is 254 g/mol. The lowest BCUT2D eigenvalue weighted by atomic mass is 10.0. The van der Waals surface area contributed by atoms with E-state index in [1.165, 1.54) is 17.0 Å². The van der Waals surface area contributed by atoms with Crippen LogP contribution in [-0.2, 0) is 6.42 Å². The zero-order valence-corrected chi connectivity index (χ0v) is 10.5. The van der Waals surface area contributed by atoms with Crippen LogP contribution in [0.15, 0.2) is 35.7 Å². The number of hydrogen-bond acceptors (Lipinski definition) is 2. The van der Waals surface area contributed by atoms with Gasteiger partial charge in [-0.05, 0) is 36.4 Å². The molecule has 0 aliphatic carbocycles. The summed E-state index contributed by atoms with van der Waals surface area (Å²) in [6, 6.07) is 7.64. The molecule has 0 saturated heterocycles. The molecule has 4 heteroatoms. The molecule has 1 aromatic carbocycles. The van der Waals surface area contributed by atoms with Crippen LogP contribution in [0.5, 0.6) is 0 Å². The summed E-state index contributed by atoms with van der Waals surface area (Å²) < 4.78 is 26.3. The first kappa shape index (κ1) is 12.9. The second-order valence-electron chi connectivity index (χ2n) is 3.96. The smallest absolute Gasteiger partial charge is 0.169 e. The van der Waals surface area contributed by atoms with Crippen LogP contribution in [0, 0.1) is 11.6 Å². The molecule has 2 aromatic rings. The quantitative estimate of drug-likeness (QED) is 0.740. The summed E-state index contributed by atoms with van der Waals surface area (Å²) in [6.45, 7) is 0. The summed E-state index contributed by atoms with van der Waals surface area (Å²) >= 11 is 1.63. The van der Waals surface area contributed by atoms with Gasteiger partial charge in [0.1, 0.15) is 0 Å². The average Bonchev–Trinajstić information content (AvgIpc) is 2.85. The van der Waals surface area contributed by atoms with Gasteiger partial charge in [-0.2, -0.15) is 0 Å². The van der Waals surface area contributed by atoms with Gasteiger partial charge >= 0.3 is 0 Å². The Morgan fingerprint density at radius 3 is 2.72 bits per heavy atom. The highest BCUT2D eigenvalue weighted by molar-refractivity contribution is 7.09. The minimum atomic E-state index is -1.04. The van der Waals surface area contributed by atoms with Crippen LogP contribution in [-0.4, -0.2) is 5.78 Å². The summed E-state index contributed by atoms with van der Waals surface area (Å²) in [5.41, 5.74) is -0.152. The van der Waals surface area contributed by atoms with Gasteiger partial charge in [-0.3, -0.25) is 4.79 Å². The van der Waals surface area contributed by atoms with Crippen LogP contribution in [0.3, 0.4) is 0 Å². The van der Waals surface area contributed by atoms with Crippen molar-refractivity contribution < 1.29 is 13.6 Å². The van der Waals surface area contributed by atoms with Crippen LogP contribution in [0.4, 0.5) is 8.78 Å². The Morgan fingerprint density at radius 1 is 1.17 bits per heavy atom. The van der Waals surface area contributed by atoms with Gasteiger partial charge in [-0.15, -0.1) is 11.3 Å².